The number of hydrogen-bond donors (Lipinski definition) is 2. The van der Waals surface area contributed by atoms with Crippen LogP contribution < -0.4 is 0 Å². The van der Waals surface area contributed by atoms with Crippen molar-refractivity contribution >= 4 is 0 Å². The third-order valence-electron chi connectivity index (χ3n) is 2.95. The van der Waals surface area contributed by atoms with Gasteiger partial charge in [-0.15, -0.1) is 0 Å². The molecule has 5 heteroatoms. The van der Waals surface area contributed by atoms with Gasteiger partial charge in [-0.05, 0) is 27.2 Å². The van der Waals surface area contributed by atoms with Gasteiger partial charge in [0.25, 0.3) is 0 Å². The van der Waals surface area contributed by atoms with E-state index in [1.807, 2.05) is 6.92 Å². The predicted octanol–water partition coefficient (Wildman–Crippen LogP) is 0.634. The van der Waals surface area contributed by atoms with Crippen molar-refractivity contribution < 1.29 is 24.4 Å². The van der Waals surface area contributed by atoms with Crippen molar-refractivity contribution in [3.8, 4) is 0 Å². The van der Waals surface area contributed by atoms with Gasteiger partial charge in [-0.25, -0.2) is 0 Å². The Morgan fingerprint density at radius 1 is 1.56 bits per heavy atom. The van der Waals surface area contributed by atoms with Crippen LogP contribution in [0.5, 0.6) is 0 Å². The molecule has 3 unspecified atom stereocenters. The van der Waals surface area contributed by atoms with Crippen LogP contribution in [0.4, 0.5) is 0 Å². The minimum absolute atomic E-state index is 0.117. The second-order valence-electron chi connectivity index (χ2n) is 4.75. The lowest BCUT2D eigenvalue weighted by Gasteiger charge is -2.33. The summed E-state index contributed by atoms with van der Waals surface area (Å²) in [5.41, 5.74) is -0.718. The van der Waals surface area contributed by atoms with E-state index in [-0.39, 0.29) is 12.7 Å². The number of aliphatic hydroxyl groups is 2. The van der Waals surface area contributed by atoms with Crippen LogP contribution in [0, 0.1) is 0 Å². The minimum atomic E-state index is -1.23. The van der Waals surface area contributed by atoms with Crippen molar-refractivity contribution in [1.29, 1.82) is 0 Å². The van der Waals surface area contributed by atoms with Gasteiger partial charge in [0.1, 0.15) is 5.60 Å². The third-order valence-corrected chi connectivity index (χ3v) is 2.95. The lowest BCUT2D eigenvalue weighted by molar-refractivity contribution is -0.292. The van der Waals surface area contributed by atoms with Crippen LogP contribution in [0.25, 0.3) is 0 Å². The van der Waals surface area contributed by atoms with Crippen molar-refractivity contribution in [3.63, 3.8) is 0 Å². The second kappa shape index (κ2) is 4.98. The van der Waals surface area contributed by atoms with Crippen molar-refractivity contribution in [2.24, 2.45) is 0 Å². The van der Waals surface area contributed by atoms with Crippen molar-refractivity contribution in [2.75, 3.05) is 13.7 Å². The molecule has 0 aromatic carbocycles. The Balaban J connectivity index is 2.61. The quantitative estimate of drug-likeness (QED) is 0.683. The van der Waals surface area contributed by atoms with E-state index in [0.717, 1.165) is 0 Å². The van der Waals surface area contributed by atoms with E-state index in [2.05, 4.69) is 0 Å². The average Bonchev–Trinajstić information content (AvgIpc) is 2.59. The monoisotopic (exact) mass is 234 g/mol. The van der Waals surface area contributed by atoms with Crippen LogP contribution in [0.15, 0.2) is 0 Å². The number of methoxy groups -OCH3 is 1. The Hall–Kier alpha value is -0.200. The maximum absolute atomic E-state index is 9.52. The summed E-state index contributed by atoms with van der Waals surface area (Å²) in [5.74, 6) is -1.23. The van der Waals surface area contributed by atoms with Crippen LogP contribution in [0.3, 0.4) is 0 Å². The molecule has 16 heavy (non-hydrogen) atoms. The number of hydrogen-bond acceptors (Lipinski definition) is 5. The van der Waals surface area contributed by atoms with Crippen LogP contribution in [-0.2, 0) is 14.2 Å². The fourth-order valence-corrected chi connectivity index (χ4v) is 1.91. The van der Waals surface area contributed by atoms with Crippen molar-refractivity contribution in [1.82, 2.24) is 0 Å². The summed E-state index contributed by atoms with van der Waals surface area (Å²) < 4.78 is 16.2. The smallest absolute Gasteiger partial charge is 0.162 e. The first-order chi connectivity index (χ1) is 7.33. The lowest BCUT2D eigenvalue weighted by Crippen LogP contribution is -2.46. The van der Waals surface area contributed by atoms with Gasteiger partial charge in [0.15, 0.2) is 12.1 Å². The summed E-state index contributed by atoms with van der Waals surface area (Å²) in [5, 5.41) is 18.9. The molecule has 1 rings (SSSR count). The largest absolute Gasteiger partial charge is 0.393 e. The number of aliphatic hydroxyl groups excluding tert-OH is 1. The SMILES string of the molecule is COC(C)C1(CO)CCC(OC(C)(C)O)O1. The highest BCUT2D eigenvalue weighted by molar-refractivity contribution is 4.91. The molecule has 0 aromatic heterocycles. The maximum Gasteiger partial charge on any atom is 0.162 e. The molecule has 0 saturated carbocycles. The molecule has 1 aliphatic heterocycles. The molecule has 0 aliphatic carbocycles. The molecule has 1 saturated heterocycles. The maximum atomic E-state index is 9.52. The zero-order chi connectivity index (χ0) is 12.4. The average molecular weight is 234 g/mol. The molecule has 0 amide bonds. The molecule has 0 spiro atoms. The van der Waals surface area contributed by atoms with Gasteiger partial charge < -0.3 is 24.4 Å². The number of rotatable bonds is 5. The summed E-state index contributed by atoms with van der Waals surface area (Å²) in [6.07, 6.45) is 0.579. The Morgan fingerprint density at radius 3 is 2.62 bits per heavy atom. The lowest BCUT2D eigenvalue weighted by atomic mass is 9.95. The summed E-state index contributed by atoms with van der Waals surface area (Å²) in [4.78, 5) is 0. The summed E-state index contributed by atoms with van der Waals surface area (Å²) in [7, 11) is 1.58. The minimum Gasteiger partial charge on any atom is -0.393 e. The van der Waals surface area contributed by atoms with E-state index in [1.165, 1.54) is 0 Å². The second-order valence-corrected chi connectivity index (χ2v) is 4.75. The summed E-state index contributed by atoms with van der Waals surface area (Å²) in [6.45, 7) is 4.83. The van der Waals surface area contributed by atoms with E-state index >= 15 is 0 Å². The van der Waals surface area contributed by atoms with Crippen LogP contribution in [0.1, 0.15) is 33.6 Å². The molecule has 0 radical (unpaired) electrons. The highest BCUT2D eigenvalue weighted by Gasteiger charge is 2.46. The van der Waals surface area contributed by atoms with E-state index in [4.69, 9.17) is 14.2 Å². The molecule has 2 N–H and O–H groups in total. The van der Waals surface area contributed by atoms with Gasteiger partial charge in [0, 0.05) is 13.5 Å². The first-order valence-corrected chi connectivity index (χ1v) is 5.54. The number of ether oxygens (including phenoxy) is 3. The van der Waals surface area contributed by atoms with E-state index in [1.54, 1.807) is 21.0 Å². The molecule has 1 aliphatic rings. The first-order valence-electron chi connectivity index (χ1n) is 5.54. The topological polar surface area (TPSA) is 68.2 Å². The third kappa shape index (κ3) is 3.15. The van der Waals surface area contributed by atoms with Gasteiger partial charge in [-0.2, -0.15) is 0 Å². The van der Waals surface area contributed by atoms with E-state index in [0.29, 0.717) is 12.8 Å². The van der Waals surface area contributed by atoms with Gasteiger partial charge in [-0.3, -0.25) is 0 Å². The zero-order valence-electron chi connectivity index (χ0n) is 10.4. The Morgan fingerprint density at radius 2 is 2.19 bits per heavy atom. The van der Waals surface area contributed by atoms with Gasteiger partial charge in [-0.1, -0.05) is 0 Å². The molecular formula is C11H22O5. The molecule has 5 nitrogen and oxygen atoms in total. The van der Waals surface area contributed by atoms with E-state index < -0.39 is 17.7 Å². The Labute approximate surface area is 96.3 Å². The van der Waals surface area contributed by atoms with Gasteiger partial charge >= 0.3 is 0 Å². The standard InChI is InChI=1S/C11H22O5/c1-8(14-4)11(7-12)6-5-9(16-11)15-10(2,3)13/h8-9,12-13H,5-7H2,1-4H3. The fourth-order valence-electron chi connectivity index (χ4n) is 1.91. The summed E-state index contributed by atoms with van der Waals surface area (Å²) >= 11 is 0. The summed E-state index contributed by atoms with van der Waals surface area (Å²) in [6, 6.07) is 0. The van der Waals surface area contributed by atoms with E-state index in [9.17, 15) is 10.2 Å². The molecular weight excluding hydrogens is 212 g/mol. The molecule has 0 bridgehead atoms. The van der Waals surface area contributed by atoms with Crippen molar-refractivity contribution in [2.45, 2.75) is 57.4 Å². The van der Waals surface area contributed by atoms with Crippen LogP contribution in [0.2, 0.25) is 0 Å². The fraction of sp³-hybridized carbons (Fsp3) is 1.00. The molecule has 96 valence electrons. The molecule has 0 aromatic rings. The predicted molar refractivity (Wildman–Crippen MR) is 57.8 cm³/mol. The molecule has 1 fully saturated rings. The highest BCUT2D eigenvalue weighted by atomic mass is 16.8. The van der Waals surface area contributed by atoms with Gasteiger partial charge in [0.2, 0.25) is 0 Å². The highest BCUT2D eigenvalue weighted by Crippen LogP contribution is 2.35. The van der Waals surface area contributed by atoms with Crippen molar-refractivity contribution in [3.05, 3.63) is 0 Å². The Kier molecular flexibility index (Phi) is 4.31. The normalized spacial score (nSPS) is 33.0. The van der Waals surface area contributed by atoms with Crippen LogP contribution in [-0.4, -0.2) is 47.7 Å². The van der Waals surface area contributed by atoms with Crippen LogP contribution >= 0.6 is 0 Å². The first kappa shape index (κ1) is 13.9. The van der Waals surface area contributed by atoms with Gasteiger partial charge in [0.05, 0.1) is 12.7 Å². The molecule has 3 atom stereocenters. The molecule has 1 heterocycles. The Bertz CT molecular complexity index is 225. The zero-order valence-corrected chi connectivity index (χ0v) is 10.4.